The summed E-state index contributed by atoms with van der Waals surface area (Å²) in [6.07, 6.45) is -4.84. The Kier molecular flexibility index (Phi) is 14.5. The number of carbonyl (C=O) groups is 1. The Morgan fingerprint density at radius 1 is 0.836 bits per heavy atom. The molecule has 12 nitrogen and oxygen atoms in total. The average Bonchev–Trinajstić information content (AvgIpc) is 3.10. The van der Waals surface area contributed by atoms with Crippen LogP contribution in [-0.2, 0) is 47.1 Å². The molecular formula is C39H46F3N5O7S. The van der Waals surface area contributed by atoms with E-state index in [0.29, 0.717) is 25.2 Å². The van der Waals surface area contributed by atoms with Crippen LogP contribution in [0.5, 0.6) is 0 Å². The number of sulfonamides is 1. The number of nitro benzene ring substituents is 1. The zero-order valence-corrected chi connectivity index (χ0v) is 32.0. The molecule has 0 radical (unpaired) electrons. The average molecular weight is 786 g/mol. The lowest BCUT2D eigenvalue weighted by Gasteiger charge is -2.30. The minimum atomic E-state index is -4.68. The number of nitrogens with zero attached hydrogens (tertiary/aromatic N) is 5. The van der Waals surface area contributed by atoms with Gasteiger partial charge in [0.05, 0.1) is 28.4 Å². The topological polar surface area (TPSA) is 146 Å². The molecule has 0 aliphatic heterocycles. The first-order valence-corrected chi connectivity index (χ1v) is 19.0. The third-order valence-electron chi connectivity index (χ3n) is 8.29. The summed E-state index contributed by atoms with van der Waals surface area (Å²) in [6, 6.07) is 21.9. The molecular weight excluding hydrogens is 740 g/mol. The predicted molar refractivity (Wildman–Crippen MR) is 200 cm³/mol. The number of hydrogen-bond acceptors (Lipinski definition) is 9. The molecule has 16 heteroatoms. The standard InChI is InChI=1S/C39H46F3N5O7S/c1-29-11-7-12-30(23-29)25-44(20-21-45(19-10-22-48)37(49)54-38(2,3)4)27-33-15-9-16-34(43-33)28-46(26-31-13-8-14-32(24-31)39(40,41)42)55(52,53)36-18-6-5-17-35(36)47(50)51/h5-9,11-18,23-24,48H,10,19-22,25-28H2,1-4H3. The number of nitro groups is 1. The molecule has 0 unspecified atom stereocenters. The van der Waals surface area contributed by atoms with E-state index >= 15 is 0 Å². The number of amides is 1. The van der Waals surface area contributed by atoms with Crippen LogP contribution in [0.25, 0.3) is 0 Å². The van der Waals surface area contributed by atoms with Crippen molar-refractivity contribution in [2.45, 2.75) is 77.0 Å². The second kappa shape index (κ2) is 18.6. The summed E-state index contributed by atoms with van der Waals surface area (Å²) in [7, 11) is -4.66. The number of pyridine rings is 1. The van der Waals surface area contributed by atoms with Crippen LogP contribution >= 0.6 is 0 Å². The fourth-order valence-corrected chi connectivity index (χ4v) is 7.34. The first kappa shape index (κ1) is 42.8. The minimum Gasteiger partial charge on any atom is -0.444 e. The number of carbonyl (C=O) groups excluding carboxylic acids is 1. The van der Waals surface area contributed by atoms with E-state index in [0.717, 1.165) is 39.7 Å². The summed E-state index contributed by atoms with van der Waals surface area (Å²) in [4.78, 5) is 31.8. The van der Waals surface area contributed by atoms with Gasteiger partial charge in [0.1, 0.15) is 5.60 Å². The highest BCUT2D eigenvalue weighted by molar-refractivity contribution is 7.89. The van der Waals surface area contributed by atoms with Crippen LogP contribution in [0.2, 0.25) is 0 Å². The molecule has 0 fully saturated rings. The van der Waals surface area contributed by atoms with Gasteiger partial charge in [0, 0.05) is 51.9 Å². The molecule has 0 spiro atoms. The summed E-state index contributed by atoms with van der Waals surface area (Å²) in [5.74, 6) is 0. The number of para-hydroxylation sites is 1. The van der Waals surface area contributed by atoms with E-state index in [2.05, 4.69) is 4.90 Å². The number of halogens is 3. The maximum absolute atomic E-state index is 14.1. The molecule has 1 heterocycles. The zero-order valence-electron chi connectivity index (χ0n) is 31.2. The molecule has 55 heavy (non-hydrogen) atoms. The first-order valence-electron chi connectivity index (χ1n) is 17.6. The van der Waals surface area contributed by atoms with Crippen LogP contribution < -0.4 is 0 Å². The van der Waals surface area contributed by atoms with Crippen molar-refractivity contribution in [2.75, 3.05) is 26.2 Å². The Labute approximate surface area is 319 Å². The highest BCUT2D eigenvalue weighted by Crippen LogP contribution is 2.32. The Bertz CT molecular complexity index is 2040. The molecule has 296 valence electrons. The second-order valence-corrected chi connectivity index (χ2v) is 16.0. The van der Waals surface area contributed by atoms with Gasteiger partial charge in [0.15, 0.2) is 4.90 Å². The van der Waals surface area contributed by atoms with Gasteiger partial charge in [-0.05, 0) is 69.5 Å². The number of hydrogen-bond donors (Lipinski definition) is 1. The van der Waals surface area contributed by atoms with Gasteiger partial charge in [0.2, 0.25) is 0 Å². The first-order chi connectivity index (χ1) is 25.9. The number of ether oxygens (including phenoxy) is 1. The van der Waals surface area contributed by atoms with Crippen molar-refractivity contribution < 1.29 is 41.2 Å². The van der Waals surface area contributed by atoms with Crippen molar-refractivity contribution in [2.24, 2.45) is 0 Å². The Balaban J connectivity index is 1.67. The number of alkyl halides is 3. The quantitative estimate of drug-likeness (QED) is 0.0859. The van der Waals surface area contributed by atoms with Crippen molar-refractivity contribution in [1.82, 2.24) is 19.1 Å². The van der Waals surface area contributed by atoms with Gasteiger partial charge < -0.3 is 14.7 Å². The van der Waals surface area contributed by atoms with Gasteiger partial charge in [-0.1, -0.05) is 66.2 Å². The highest BCUT2D eigenvalue weighted by Gasteiger charge is 2.34. The van der Waals surface area contributed by atoms with Gasteiger partial charge in [-0.15, -0.1) is 0 Å². The Morgan fingerprint density at radius 2 is 1.47 bits per heavy atom. The van der Waals surface area contributed by atoms with Crippen LogP contribution in [0, 0.1) is 17.0 Å². The maximum Gasteiger partial charge on any atom is 0.416 e. The molecule has 0 saturated heterocycles. The monoisotopic (exact) mass is 785 g/mol. The van der Waals surface area contributed by atoms with Gasteiger partial charge >= 0.3 is 12.3 Å². The fraction of sp³-hybridized carbons (Fsp3) is 0.385. The lowest BCUT2D eigenvalue weighted by molar-refractivity contribution is -0.387. The fourth-order valence-electron chi connectivity index (χ4n) is 5.78. The van der Waals surface area contributed by atoms with E-state index in [1.165, 1.54) is 29.2 Å². The van der Waals surface area contributed by atoms with Gasteiger partial charge in [-0.3, -0.25) is 20.0 Å². The van der Waals surface area contributed by atoms with Crippen molar-refractivity contribution in [3.63, 3.8) is 0 Å². The smallest absolute Gasteiger partial charge is 0.416 e. The predicted octanol–water partition coefficient (Wildman–Crippen LogP) is 7.33. The lowest BCUT2D eigenvalue weighted by Crippen LogP contribution is -2.42. The molecule has 3 aromatic carbocycles. The number of aryl methyl sites for hydroxylation is 1. The largest absolute Gasteiger partial charge is 0.444 e. The third kappa shape index (κ3) is 12.8. The van der Waals surface area contributed by atoms with E-state index in [9.17, 15) is 41.6 Å². The number of aliphatic hydroxyl groups is 1. The van der Waals surface area contributed by atoms with Crippen LogP contribution in [0.1, 0.15) is 60.8 Å². The molecule has 0 aliphatic rings. The van der Waals surface area contributed by atoms with E-state index in [1.54, 1.807) is 39.0 Å². The van der Waals surface area contributed by atoms with E-state index in [4.69, 9.17) is 9.72 Å². The van der Waals surface area contributed by atoms with Crippen molar-refractivity contribution in [3.05, 3.63) is 135 Å². The summed E-state index contributed by atoms with van der Waals surface area (Å²) < 4.78 is 75.5. The lowest BCUT2D eigenvalue weighted by atomic mass is 10.1. The summed E-state index contributed by atoms with van der Waals surface area (Å²) >= 11 is 0. The molecule has 4 aromatic rings. The van der Waals surface area contributed by atoms with E-state index < -0.39 is 62.1 Å². The van der Waals surface area contributed by atoms with Crippen molar-refractivity contribution >= 4 is 21.8 Å². The molecule has 0 saturated carbocycles. The summed E-state index contributed by atoms with van der Waals surface area (Å²) in [5, 5.41) is 21.3. The SMILES string of the molecule is Cc1cccc(CN(CCN(CCCO)C(=O)OC(C)(C)C)Cc2cccc(CN(Cc3cccc(C(F)(F)F)c3)S(=O)(=O)c3ccccc3[N+](=O)[O-])n2)c1. The molecule has 0 atom stereocenters. The molecule has 1 N–H and O–H groups in total. The normalized spacial score (nSPS) is 12.3. The van der Waals surface area contributed by atoms with Crippen LogP contribution in [-0.4, -0.2) is 75.5 Å². The van der Waals surface area contributed by atoms with Crippen LogP contribution in [0.3, 0.4) is 0 Å². The van der Waals surface area contributed by atoms with Gasteiger partial charge in [-0.2, -0.15) is 17.5 Å². The Hall–Kier alpha value is -4.90. The molecule has 0 aliphatic carbocycles. The third-order valence-corrected chi connectivity index (χ3v) is 10.1. The van der Waals surface area contributed by atoms with Gasteiger partial charge in [0.25, 0.3) is 15.7 Å². The van der Waals surface area contributed by atoms with Crippen molar-refractivity contribution in [3.8, 4) is 0 Å². The minimum absolute atomic E-state index is 0.0215. The van der Waals surface area contributed by atoms with E-state index in [1.807, 2.05) is 31.2 Å². The Morgan fingerprint density at radius 3 is 2.11 bits per heavy atom. The molecule has 1 aromatic heterocycles. The van der Waals surface area contributed by atoms with Crippen molar-refractivity contribution in [1.29, 1.82) is 0 Å². The number of aromatic nitrogens is 1. The molecule has 0 bridgehead atoms. The van der Waals surface area contributed by atoms with Gasteiger partial charge in [-0.25, -0.2) is 13.2 Å². The summed E-state index contributed by atoms with van der Waals surface area (Å²) in [5.41, 5.74) is 0.483. The highest BCUT2D eigenvalue weighted by atomic mass is 32.2. The molecule has 4 rings (SSSR count). The number of rotatable bonds is 17. The maximum atomic E-state index is 14.1. The number of aliphatic hydroxyl groups excluding tert-OH is 1. The van der Waals surface area contributed by atoms with E-state index in [-0.39, 0.29) is 37.5 Å². The molecule has 1 amide bonds. The van der Waals surface area contributed by atoms with Crippen LogP contribution in [0.15, 0.2) is 95.9 Å². The van der Waals surface area contributed by atoms with Crippen LogP contribution in [0.4, 0.5) is 23.7 Å². The summed E-state index contributed by atoms with van der Waals surface area (Å²) in [6.45, 7) is 7.85. The second-order valence-electron chi connectivity index (χ2n) is 14.1. The number of benzene rings is 3. The zero-order chi connectivity index (χ0) is 40.4.